The highest BCUT2D eigenvalue weighted by molar-refractivity contribution is 8.01. The standard InChI is InChI=1S/C15H22N6OS2/c1-9(2)11-7-12(18-17-11)10-3-5-21(6-4-10)13(22)8-23-15-20-19-14(16)24-15/h7,9-10H,3-6,8H2,1-2H3,(H2,16,19)(H,17,18). The first kappa shape index (κ1) is 17.2. The number of aromatic nitrogens is 4. The van der Waals surface area contributed by atoms with Crippen LogP contribution in [0.1, 0.15) is 49.9 Å². The zero-order chi connectivity index (χ0) is 17.1. The molecule has 2 aromatic heterocycles. The molecule has 1 aliphatic rings. The molecule has 0 saturated carbocycles. The van der Waals surface area contributed by atoms with Crippen LogP contribution in [0.5, 0.6) is 0 Å². The van der Waals surface area contributed by atoms with Gasteiger partial charge in [-0.15, -0.1) is 10.2 Å². The molecule has 3 N–H and O–H groups in total. The molecule has 0 aromatic carbocycles. The second kappa shape index (κ2) is 7.52. The Morgan fingerprint density at radius 1 is 1.46 bits per heavy atom. The quantitative estimate of drug-likeness (QED) is 0.788. The van der Waals surface area contributed by atoms with E-state index in [2.05, 4.69) is 40.3 Å². The monoisotopic (exact) mass is 366 g/mol. The van der Waals surface area contributed by atoms with Crippen LogP contribution in [0.15, 0.2) is 10.4 Å². The minimum Gasteiger partial charge on any atom is -0.374 e. The Balaban J connectivity index is 1.48. The van der Waals surface area contributed by atoms with E-state index in [1.165, 1.54) is 28.8 Å². The number of nitrogen functional groups attached to an aromatic ring is 1. The summed E-state index contributed by atoms with van der Waals surface area (Å²) in [6.07, 6.45) is 1.95. The van der Waals surface area contributed by atoms with Crippen molar-refractivity contribution in [3.05, 3.63) is 17.5 Å². The second-order valence-electron chi connectivity index (χ2n) is 6.25. The van der Waals surface area contributed by atoms with Crippen LogP contribution in [0.3, 0.4) is 0 Å². The predicted octanol–water partition coefficient (Wildman–Crippen LogP) is 2.47. The van der Waals surface area contributed by atoms with E-state index in [0.717, 1.165) is 36.0 Å². The first-order valence-electron chi connectivity index (χ1n) is 8.07. The van der Waals surface area contributed by atoms with Gasteiger partial charge in [0, 0.05) is 24.7 Å². The van der Waals surface area contributed by atoms with Crippen molar-refractivity contribution in [3.63, 3.8) is 0 Å². The number of piperidine rings is 1. The minimum absolute atomic E-state index is 0.153. The lowest BCUT2D eigenvalue weighted by Gasteiger charge is -2.31. The highest BCUT2D eigenvalue weighted by Crippen LogP contribution is 2.29. The molecule has 130 valence electrons. The maximum absolute atomic E-state index is 12.3. The number of carbonyl (C=O) groups is 1. The van der Waals surface area contributed by atoms with Gasteiger partial charge in [0.05, 0.1) is 11.4 Å². The van der Waals surface area contributed by atoms with E-state index in [-0.39, 0.29) is 5.91 Å². The number of aromatic amines is 1. The lowest BCUT2D eigenvalue weighted by molar-refractivity contribution is -0.129. The van der Waals surface area contributed by atoms with Gasteiger partial charge in [0.2, 0.25) is 11.0 Å². The number of H-pyrrole nitrogens is 1. The number of anilines is 1. The molecule has 0 aliphatic carbocycles. The Kier molecular flexibility index (Phi) is 5.40. The number of carbonyl (C=O) groups excluding carboxylic acids is 1. The van der Waals surface area contributed by atoms with E-state index in [4.69, 9.17) is 5.73 Å². The van der Waals surface area contributed by atoms with Crippen LogP contribution in [-0.4, -0.2) is 50.0 Å². The van der Waals surface area contributed by atoms with Crippen molar-refractivity contribution in [2.75, 3.05) is 24.6 Å². The summed E-state index contributed by atoms with van der Waals surface area (Å²) in [6, 6.07) is 2.17. The van der Waals surface area contributed by atoms with Crippen LogP contribution in [0.25, 0.3) is 0 Å². The minimum atomic E-state index is 0.153. The van der Waals surface area contributed by atoms with Crippen molar-refractivity contribution in [2.45, 2.75) is 42.9 Å². The van der Waals surface area contributed by atoms with Gasteiger partial charge in [-0.05, 0) is 24.8 Å². The van der Waals surface area contributed by atoms with Crippen molar-refractivity contribution < 1.29 is 4.79 Å². The molecule has 24 heavy (non-hydrogen) atoms. The van der Waals surface area contributed by atoms with Crippen LogP contribution in [-0.2, 0) is 4.79 Å². The predicted molar refractivity (Wildman–Crippen MR) is 96.3 cm³/mol. The van der Waals surface area contributed by atoms with Crippen molar-refractivity contribution in [1.29, 1.82) is 0 Å². The molecule has 1 aliphatic heterocycles. The maximum atomic E-state index is 12.3. The Morgan fingerprint density at radius 2 is 2.21 bits per heavy atom. The molecule has 3 heterocycles. The van der Waals surface area contributed by atoms with E-state index < -0.39 is 0 Å². The molecule has 0 bridgehead atoms. The van der Waals surface area contributed by atoms with Gasteiger partial charge >= 0.3 is 0 Å². The van der Waals surface area contributed by atoms with Gasteiger partial charge in [0.1, 0.15) is 0 Å². The summed E-state index contributed by atoms with van der Waals surface area (Å²) in [4.78, 5) is 14.3. The molecular weight excluding hydrogens is 344 g/mol. The smallest absolute Gasteiger partial charge is 0.233 e. The zero-order valence-corrected chi connectivity index (χ0v) is 15.5. The number of thioether (sulfide) groups is 1. The molecule has 0 unspecified atom stereocenters. The topological polar surface area (TPSA) is 101 Å². The lowest BCUT2D eigenvalue weighted by Crippen LogP contribution is -2.39. The number of nitrogens with two attached hydrogens (primary N) is 1. The summed E-state index contributed by atoms with van der Waals surface area (Å²) in [7, 11) is 0. The summed E-state index contributed by atoms with van der Waals surface area (Å²) < 4.78 is 0.745. The van der Waals surface area contributed by atoms with E-state index in [1.54, 1.807) is 0 Å². The number of hydrogen-bond acceptors (Lipinski definition) is 7. The van der Waals surface area contributed by atoms with Crippen LogP contribution in [0.4, 0.5) is 5.13 Å². The molecule has 7 nitrogen and oxygen atoms in total. The van der Waals surface area contributed by atoms with E-state index in [9.17, 15) is 4.79 Å². The van der Waals surface area contributed by atoms with Crippen molar-refractivity contribution in [1.82, 2.24) is 25.3 Å². The molecule has 2 aromatic rings. The number of hydrogen-bond donors (Lipinski definition) is 2. The van der Waals surface area contributed by atoms with Crippen molar-refractivity contribution >= 4 is 34.1 Å². The van der Waals surface area contributed by atoms with Gasteiger partial charge in [-0.1, -0.05) is 36.9 Å². The first-order valence-corrected chi connectivity index (χ1v) is 9.88. The average molecular weight is 367 g/mol. The highest BCUT2D eigenvalue weighted by Gasteiger charge is 2.25. The van der Waals surface area contributed by atoms with Gasteiger partial charge < -0.3 is 10.6 Å². The number of rotatable bonds is 5. The van der Waals surface area contributed by atoms with Gasteiger partial charge in [0.15, 0.2) is 4.34 Å². The van der Waals surface area contributed by atoms with Gasteiger partial charge in [0.25, 0.3) is 0 Å². The van der Waals surface area contributed by atoms with Crippen molar-refractivity contribution in [3.8, 4) is 0 Å². The lowest BCUT2D eigenvalue weighted by atomic mass is 9.93. The fraction of sp³-hybridized carbons (Fsp3) is 0.600. The van der Waals surface area contributed by atoms with Gasteiger partial charge in [-0.2, -0.15) is 5.10 Å². The maximum Gasteiger partial charge on any atom is 0.233 e. The van der Waals surface area contributed by atoms with Crippen LogP contribution < -0.4 is 5.73 Å². The Labute approximate surface area is 149 Å². The third kappa shape index (κ3) is 4.07. The highest BCUT2D eigenvalue weighted by atomic mass is 32.2. The van der Waals surface area contributed by atoms with Crippen LogP contribution >= 0.6 is 23.1 Å². The second-order valence-corrected chi connectivity index (χ2v) is 8.48. The number of nitrogens with zero attached hydrogens (tertiary/aromatic N) is 4. The number of amides is 1. The van der Waals surface area contributed by atoms with Crippen LogP contribution in [0.2, 0.25) is 0 Å². The normalized spacial score (nSPS) is 16.0. The Hall–Kier alpha value is -1.61. The molecule has 1 fully saturated rings. The molecule has 0 radical (unpaired) electrons. The SMILES string of the molecule is CC(C)c1cc(C2CCN(C(=O)CSc3nnc(N)s3)CC2)[nH]n1. The van der Waals surface area contributed by atoms with Gasteiger partial charge in [-0.25, -0.2) is 0 Å². The average Bonchev–Trinajstić information content (AvgIpc) is 3.22. The summed E-state index contributed by atoms with van der Waals surface area (Å²) in [6.45, 7) is 5.87. The largest absolute Gasteiger partial charge is 0.374 e. The van der Waals surface area contributed by atoms with E-state index >= 15 is 0 Å². The summed E-state index contributed by atoms with van der Waals surface area (Å²) in [5, 5.41) is 15.7. The van der Waals surface area contributed by atoms with Crippen LogP contribution in [0, 0.1) is 0 Å². The van der Waals surface area contributed by atoms with E-state index in [0.29, 0.717) is 22.7 Å². The molecule has 0 atom stereocenters. The molecular formula is C15H22N6OS2. The first-order chi connectivity index (χ1) is 11.5. The number of nitrogens with one attached hydrogen (secondary N) is 1. The Morgan fingerprint density at radius 3 is 2.79 bits per heavy atom. The van der Waals surface area contributed by atoms with E-state index in [1.807, 2.05) is 4.90 Å². The zero-order valence-electron chi connectivity index (χ0n) is 13.9. The molecule has 1 saturated heterocycles. The molecule has 3 rings (SSSR count). The molecule has 9 heteroatoms. The Bertz CT molecular complexity index is 690. The molecule has 0 spiro atoms. The van der Waals surface area contributed by atoms with Gasteiger partial charge in [-0.3, -0.25) is 9.89 Å². The fourth-order valence-electron chi connectivity index (χ4n) is 2.79. The van der Waals surface area contributed by atoms with Crippen molar-refractivity contribution in [2.24, 2.45) is 0 Å². The summed E-state index contributed by atoms with van der Waals surface area (Å²) >= 11 is 2.72. The third-order valence-electron chi connectivity index (χ3n) is 4.24. The number of likely N-dealkylation sites (tertiary alicyclic amines) is 1. The summed E-state index contributed by atoms with van der Waals surface area (Å²) in [5.74, 6) is 1.44. The molecule has 1 amide bonds. The third-order valence-corrected chi connectivity index (χ3v) is 6.11. The summed E-state index contributed by atoms with van der Waals surface area (Å²) in [5.41, 5.74) is 7.85. The fourth-order valence-corrected chi connectivity index (χ4v) is 4.33.